The highest BCUT2D eigenvalue weighted by Gasteiger charge is 2.11. The average Bonchev–Trinajstić information content (AvgIpc) is 2.51. The molecule has 0 heterocycles. The predicted octanol–water partition coefficient (Wildman–Crippen LogP) is 2.49. The maximum Gasteiger partial charge on any atom is 0.290 e. The van der Waals surface area contributed by atoms with Crippen LogP contribution >= 0.6 is 0 Å². The van der Waals surface area contributed by atoms with E-state index in [0.29, 0.717) is 6.54 Å². The molecule has 0 bridgehead atoms. The minimum absolute atomic E-state index is 0.250. The van der Waals surface area contributed by atoms with Gasteiger partial charge in [-0.25, -0.2) is 0 Å². The molecule has 0 aliphatic carbocycles. The van der Waals surface area contributed by atoms with Crippen LogP contribution in [0.1, 0.15) is 17.0 Å². The fourth-order valence-electron chi connectivity index (χ4n) is 1.99. The highest BCUT2D eigenvalue weighted by atomic mass is 16.5. The summed E-state index contributed by atoms with van der Waals surface area (Å²) in [6, 6.07) is 18.4. The van der Waals surface area contributed by atoms with E-state index in [2.05, 4.69) is 24.3 Å². The Labute approximate surface area is 118 Å². The third kappa shape index (κ3) is 4.40. The van der Waals surface area contributed by atoms with Gasteiger partial charge in [0.2, 0.25) is 0 Å². The van der Waals surface area contributed by atoms with Crippen molar-refractivity contribution < 1.29 is 14.6 Å². The van der Waals surface area contributed by atoms with Gasteiger partial charge in [-0.15, -0.1) is 0 Å². The number of hydrogen-bond donors (Lipinski definition) is 2. The molecule has 0 amide bonds. The van der Waals surface area contributed by atoms with Crippen molar-refractivity contribution >= 4 is 6.47 Å². The fraction of sp³-hybridized carbons (Fsp3) is 0.188. The Morgan fingerprint density at radius 3 is 2.05 bits per heavy atom. The first-order valence-electron chi connectivity index (χ1n) is 6.23. The summed E-state index contributed by atoms with van der Waals surface area (Å²) in [6.45, 7) is 0.357. The van der Waals surface area contributed by atoms with Crippen molar-refractivity contribution in [1.29, 1.82) is 0 Å². The lowest BCUT2D eigenvalue weighted by Gasteiger charge is -2.16. The molecule has 1 atom stereocenters. The van der Waals surface area contributed by atoms with Gasteiger partial charge in [-0.3, -0.25) is 4.79 Å². The summed E-state index contributed by atoms with van der Waals surface area (Å²) in [4.78, 5) is 8.36. The van der Waals surface area contributed by atoms with Gasteiger partial charge >= 0.3 is 0 Å². The van der Waals surface area contributed by atoms with E-state index in [1.165, 1.54) is 11.1 Å². The minimum Gasteiger partial charge on any atom is -0.497 e. The van der Waals surface area contributed by atoms with Crippen molar-refractivity contribution in [3.8, 4) is 5.75 Å². The highest BCUT2D eigenvalue weighted by molar-refractivity contribution is 5.36. The van der Waals surface area contributed by atoms with Gasteiger partial charge < -0.3 is 15.6 Å². The molecule has 2 rings (SSSR count). The molecule has 20 heavy (non-hydrogen) atoms. The van der Waals surface area contributed by atoms with Gasteiger partial charge in [-0.1, -0.05) is 42.5 Å². The third-order valence-electron chi connectivity index (χ3n) is 2.96. The zero-order valence-electron chi connectivity index (χ0n) is 11.4. The lowest BCUT2D eigenvalue weighted by atomic mass is 9.91. The standard InChI is InChI=1S/C15H17NO.CH2O2/c1-17-14-9-7-13(8-10-14)15(11-16)12-5-3-2-4-6-12;2-1-3/h2-10,15H,11,16H2,1H3;1H,(H,2,3). The molecule has 3 N–H and O–H groups in total. The van der Waals surface area contributed by atoms with Crippen LogP contribution in [0, 0.1) is 0 Å². The number of nitrogens with two attached hydrogens (primary N) is 1. The summed E-state index contributed by atoms with van der Waals surface area (Å²) >= 11 is 0. The van der Waals surface area contributed by atoms with Gasteiger partial charge in [0.1, 0.15) is 5.75 Å². The van der Waals surface area contributed by atoms with E-state index in [1.54, 1.807) is 7.11 Å². The highest BCUT2D eigenvalue weighted by Crippen LogP contribution is 2.25. The summed E-state index contributed by atoms with van der Waals surface area (Å²) in [6.07, 6.45) is 0. The van der Waals surface area contributed by atoms with E-state index in [9.17, 15) is 0 Å². The summed E-state index contributed by atoms with van der Waals surface area (Å²) in [7, 11) is 1.67. The Bertz CT molecular complexity index is 497. The molecule has 0 spiro atoms. The van der Waals surface area contributed by atoms with Crippen molar-refractivity contribution in [3.05, 3.63) is 65.7 Å². The summed E-state index contributed by atoms with van der Waals surface area (Å²) in [5.41, 5.74) is 8.35. The monoisotopic (exact) mass is 273 g/mol. The zero-order chi connectivity index (χ0) is 14.8. The molecular formula is C16H19NO3. The molecule has 4 nitrogen and oxygen atoms in total. The summed E-state index contributed by atoms with van der Waals surface area (Å²) < 4.78 is 5.16. The Morgan fingerprint density at radius 1 is 1.10 bits per heavy atom. The molecule has 0 aliphatic heterocycles. The zero-order valence-corrected chi connectivity index (χ0v) is 11.4. The molecule has 0 aliphatic rings. The number of benzene rings is 2. The quantitative estimate of drug-likeness (QED) is 0.839. The average molecular weight is 273 g/mol. The number of methoxy groups -OCH3 is 1. The van der Waals surface area contributed by atoms with E-state index in [-0.39, 0.29) is 12.4 Å². The van der Waals surface area contributed by atoms with E-state index in [4.69, 9.17) is 20.4 Å². The first kappa shape index (κ1) is 15.7. The molecule has 0 saturated heterocycles. The maximum absolute atomic E-state index is 8.36. The van der Waals surface area contributed by atoms with Crippen LogP contribution < -0.4 is 10.5 Å². The molecule has 2 aromatic carbocycles. The van der Waals surface area contributed by atoms with Crippen LogP contribution in [0.3, 0.4) is 0 Å². The molecule has 0 aromatic heterocycles. The van der Waals surface area contributed by atoms with E-state index >= 15 is 0 Å². The van der Waals surface area contributed by atoms with Crippen molar-refractivity contribution in [1.82, 2.24) is 0 Å². The Hall–Kier alpha value is -2.33. The van der Waals surface area contributed by atoms with Crippen LogP contribution in [-0.2, 0) is 4.79 Å². The largest absolute Gasteiger partial charge is 0.497 e. The first-order valence-corrected chi connectivity index (χ1v) is 6.23. The first-order chi connectivity index (χ1) is 9.76. The number of carbonyl (C=O) groups is 1. The molecule has 4 heteroatoms. The molecule has 0 radical (unpaired) electrons. The van der Waals surface area contributed by atoms with Gasteiger partial charge in [0.25, 0.3) is 6.47 Å². The lowest BCUT2D eigenvalue weighted by molar-refractivity contribution is -0.122. The van der Waals surface area contributed by atoms with Crippen LogP contribution in [0.15, 0.2) is 54.6 Å². The van der Waals surface area contributed by atoms with Crippen molar-refractivity contribution in [2.45, 2.75) is 5.92 Å². The van der Waals surface area contributed by atoms with Crippen LogP contribution in [0.4, 0.5) is 0 Å². The van der Waals surface area contributed by atoms with Crippen LogP contribution in [0.25, 0.3) is 0 Å². The van der Waals surface area contributed by atoms with Crippen LogP contribution in [0.5, 0.6) is 5.75 Å². The third-order valence-corrected chi connectivity index (χ3v) is 2.96. The Balaban J connectivity index is 0.000000612. The van der Waals surface area contributed by atoms with Crippen molar-refractivity contribution in [3.63, 3.8) is 0 Å². The Morgan fingerprint density at radius 2 is 1.60 bits per heavy atom. The van der Waals surface area contributed by atoms with E-state index in [0.717, 1.165) is 5.75 Å². The van der Waals surface area contributed by atoms with Crippen LogP contribution in [0.2, 0.25) is 0 Å². The van der Waals surface area contributed by atoms with Crippen molar-refractivity contribution in [2.24, 2.45) is 5.73 Å². The number of rotatable bonds is 4. The number of carboxylic acid groups (broad SMARTS) is 1. The topological polar surface area (TPSA) is 72.5 Å². The molecule has 2 aromatic rings. The number of ether oxygens (including phenoxy) is 1. The fourth-order valence-corrected chi connectivity index (χ4v) is 1.99. The second-order valence-electron chi connectivity index (χ2n) is 4.08. The van der Waals surface area contributed by atoms with Crippen molar-refractivity contribution in [2.75, 3.05) is 13.7 Å². The summed E-state index contributed by atoms with van der Waals surface area (Å²) in [5.74, 6) is 1.12. The van der Waals surface area contributed by atoms with Gasteiger partial charge in [-0.2, -0.15) is 0 Å². The number of hydrogen-bond acceptors (Lipinski definition) is 3. The van der Waals surface area contributed by atoms with Gasteiger partial charge in [0.05, 0.1) is 7.11 Å². The Kier molecular flexibility index (Phi) is 6.85. The molecule has 106 valence electrons. The smallest absolute Gasteiger partial charge is 0.290 e. The van der Waals surface area contributed by atoms with E-state index < -0.39 is 0 Å². The SMILES string of the molecule is COc1ccc(C(CN)c2ccccc2)cc1.O=CO. The molecule has 0 saturated carbocycles. The predicted molar refractivity (Wildman–Crippen MR) is 79.0 cm³/mol. The molecular weight excluding hydrogens is 254 g/mol. The van der Waals surface area contributed by atoms with Gasteiger partial charge in [0.15, 0.2) is 0 Å². The molecule has 1 unspecified atom stereocenters. The van der Waals surface area contributed by atoms with Gasteiger partial charge in [0, 0.05) is 12.5 Å². The summed E-state index contributed by atoms with van der Waals surface area (Å²) in [5, 5.41) is 6.89. The van der Waals surface area contributed by atoms with E-state index in [1.807, 2.05) is 30.3 Å². The van der Waals surface area contributed by atoms with Gasteiger partial charge in [-0.05, 0) is 23.3 Å². The van der Waals surface area contributed by atoms with Crippen LogP contribution in [-0.4, -0.2) is 25.2 Å². The maximum atomic E-state index is 8.36. The second kappa shape index (κ2) is 8.72. The molecule has 0 fully saturated rings. The lowest BCUT2D eigenvalue weighted by Crippen LogP contribution is -2.13. The second-order valence-corrected chi connectivity index (χ2v) is 4.08. The normalized spacial score (nSPS) is 10.9. The minimum atomic E-state index is -0.250.